The molecule has 2 N–H and O–H groups in total. The van der Waals surface area contributed by atoms with E-state index in [2.05, 4.69) is 31.2 Å². The van der Waals surface area contributed by atoms with E-state index in [4.69, 9.17) is 18.9 Å². The number of rotatable bonds is 21. The highest BCUT2D eigenvalue weighted by atomic mass is 16.5. The molecule has 1 saturated heterocycles. The zero-order valence-corrected chi connectivity index (χ0v) is 29.3. The molecule has 0 bridgehead atoms. The van der Waals surface area contributed by atoms with Gasteiger partial charge in [0.1, 0.15) is 0 Å². The van der Waals surface area contributed by atoms with E-state index >= 15 is 0 Å². The molecule has 8 heteroatoms. The summed E-state index contributed by atoms with van der Waals surface area (Å²) in [6, 6.07) is 39.5. The van der Waals surface area contributed by atoms with E-state index in [0.717, 1.165) is 35.1 Å². The molecule has 4 unspecified atom stereocenters. The van der Waals surface area contributed by atoms with Crippen molar-refractivity contribution in [1.82, 2.24) is 10.1 Å². The molecule has 8 nitrogen and oxygen atoms in total. The summed E-state index contributed by atoms with van der Waals surface area (Å²) < 4.78 is 24.2. The van der Waals surface area contributed by atoms with Crippen molar-refractivity contribution in [3.05, 3.63) is 144 Å². The van der Waals surface area contributed by atoms with Crippen molar-refractivity contribution < 1.29 is 29.4 Å². The van der Waals surface area contributed by atoms with Crippen molar-refractivity contribution in [3.63, 3.8) is 0 Å². The van der Waals surface area contributed by atoms with Crippen molar-refractivity contribution >= 4 is 0 Å². The maximum absolute atomic E-state index is 11.8. The van der Waals surface area contributed by atoms with E-state index in [1.807, 2.05) is 97.1 Å². The Labute approximate surface area is 298 Å². The quantitative estimate of drug-likeness (QED) is 0.0667. The van der Waals surface area contributed by atoms with Crippen molar-refractivity contribution in [2.24, 2.45) is 0 Å². The maximum atomic E-state index is 11.8. The van der Waals surface area contributed by atoms with Gasteiger partial charge in [0.2, 0.25) is 0 Å². The molecule has 0 spiro atoms. The summed E-state index contributed by atoms with van der Waals surface area (Å²) in [4.78, 5) is 0. The molecule has 4 atom stereocenters. The minimum Gasteiger partial charge on any atom is -0.381 e. The van der Waals surface area contributed by atoms with Gasteiger partial charge in [0.05, 0.1) is 50.1 Å². The zero-order chi connectivity index (χ0) is 34.8. The van der Waals surface area contributed by atoms with Crippen LogP contribution in [0.4, 0.5) is 0 Å². The third-order valence-corrected chi connectivity index (χ3v) is 9.31. The lowest BCUT2D eigenvalue weighted by molar-refractivity contribution is -0.205. The average molecular weight is 683 g/mol. The molecule has 0 saturated carbocycles. The van der Waals surface area contributed by atoms with Gasteiger partial charge in [-0.05, 0) is 54.4 Å². The third kappa shape index (κ3) is 11.3. The summed E-state index contributed by atoms with van der Waals surface area (Å²) in [6.07, 6.45) is 3.78. The Morgan fingerprint density at radius 3 is 1.68 bits per heavy atom. The molecule has 5 rings (SSSR count). The van der Waals surface area contributed by atoms with Crippen LogP contribution in [0.1, 0.15) is 85.4 Å². The molecule has 0 radical (unpaired) electrons. The van der Waals surface area contributed by atoms with Crippen LogP contribution in [-0.4, -0.2) is 72.9 Å². The number of piperidine rings is 1. The second-order valence-electron chi connectivity index (χ2n) is 12.9. The van der Waals surface area contributed by atoms with Crippen LogP contribution in [0.2, 0.25) is 0 Å². The van der Waals surface area contributed by atoms with Gasteiger partial charge in [0.25, 0.3) is 0 Å². The second-order valence-corrected chi connectivity index (χ2v) is 12.9. The van der Waals surface area contributed by atoms with Crippen molar-refractivity contribution in [1.29, 1.82) is 0 Å². The van der Waals surface area contributed by atoms with Gasteiger partial charge in [-0.1, -0.05) is 128 Å². The van der Waals surface area contributed by atoms with Gasteiger partial charge in [-0.2, -0.15) is 10.1 Å². The minimum atomic E-state index is -0.356. The van der Waals surface area contributed by atoms with Crippen LogP contribution in [0.3, 0.4) is 0 Å². The maximum Gasteiger partial charge on any atom is 0.0840 e. The van der Waals surface area contributed by atoms with Crippen molar-refractivity contribution in [2.45, 2.75) is 69.3 Å². The van der Waals surface area contributed by atoms with Crippen LogP contribution in [-0.2, 0) is 18.9 Å². The van der Waals surface area contributed by atoms with Gasteiger partial charge < -0.3 is 29.4 Å². The summed E-state index contributed by atoms with van der Waals surface area (Å²) in [5.41, 5.74) is 4.17. The van der Waals surface area contributed by atoms with E-state index in [0.29, 0.717) is 65.5 Å². The molecular formula is C42H54N2O6. The molecular weight excluding hydrogens is 628 g/mol. The molecule has 268 valence electrons. The number of hydrogen-bond donors (Lipinski definition) is 2. The van der Waals surface area contributed by atoms with Gasteiger partial charge in [0.15, 0.2) is 0 Å². The summed E-state index contributed by atoms with van der Waals surface area (Å²) in [7, 11) is 0. The number of nitrogens with zero attached hydrogens (tertiary/aromatic N) is 2. The Balaban J connectivity index is 1.13. The van der Waals surface area contributed by atoms with E-state index in [9.17, 15) is 10.4 Å². The van der Waals surface area contributed by atoms with Crippen LogP contribution < -0.4 is 0 Å². The van der Waals surface area contributed by atoms with Gasteiger partial charge in [-0.3, -0.25) is 0 Å². The number of hydroxylamine groups is 4. The molecule has 1 aliphatic heterocycles. The second kappa shape index (κ2) is 21.0. The van der Waals surface area contributed by atoms with Crippen LogP contribution in [0.25, 0.3) is 0 Å². The fraction of sp³-hybridized carbons (Fsp3) is 0.429. The summed E-state index contributed by atoms with van der Waals surface area (Å²) in [6.45, 7) is 5.75. The Kier molecular flexibility index (Phi) is 15.9. The number of ether oxygens (including phenoxy) is 4. The van der Waals surface area contributed by atoms with E-state index in [1.165, 1.54) is 10.1 Å². The topological polar surface area (TPSA) is 83.9 Å². The Bertz CT molecular complexity index is 1400. The first-order valence-electron chi connectivity index (χ1n) is 18.1. The SMILES string of the molecule is CCCOCCOCC(c1ccccc1)N(O)C(CCOCCCOC1CC(c2ccccc2)N(O)C(c2ccccc2)C1)c1ccccc1. The summed E-state index contributed by atoms with van der Waals surface area (Å²) >= 11 is 0. The molecule has 4 aromatic rings. The first kappa shape index (κ1) is 37.8. The van der Waals surface area contributed by atoms with E-state index < -0.39 is 0 Å². The van der Waals surface area contributed by atoms with Crippen molar-refractivity contribution in [3.8, 4) is 0 Å². The lowest BCUT2D eigenvalue weighted by Gasteiger charge is -2.41. The minimum absolute atomic E-state index is 0.00886. The van der Waals surface area contributed by atoms with Gasteiger partial charge in [-0.25, -0.2) is 0 Å². The lowest BCUT2D eigenvalue weighted by Crippen LogP contribution is -2.40. The highest BCUT2D eigenvalue weighted by molar-refractivity contribution is 5.25. The van der Waals surface area contributed by atoms with Gasteiger partial charge in [-0.15, -0.1) is 0 Å². The Morgan fingerprint density at radius 2 is 1.12 bits per heavy atom. The van der Waals surface area contributed by atoms with Crippen LogP contribution in [0.5, 0.6) is 0 Å². The molecule has 1 aliphatic rings. The third-order valence-electron chi connectivity index (χ3n) is 9.31. The van der Waals surface area contributed by atoms with Crippen molar-refractivity contribution in [2.75, 3.05) is 46.2 Å². The molecule has 0 amide bonds. The smallest absolute Gasteiger partial charge is 0.0840 e. The van der Waals surface area contributed by atoms with Gasteiger partial charge >= 0.3 is 0 Å². The molecule has 0 aliphatic carbocycles. The summed E-state index contributed by atoms with van der Waals surface area (Å²) in [5, 5.41) is 26.0. The first-order chi connectivity index (χ1) is 24.7. The normalized spacial score (nSPS) is 19.4. The molecule has 4 aromatic carbocycles. The number of benzene rings is 4. The highest BCUT2D eigenvalue weighted by Crippen LogP contribution is 2.41. The van der Waals surface area contributed by atoms with Crippen LogP contribution in [0.15, 0.2) is 121 Å². The van der Waals surface area contributed by atoms with Gasteiger partial charge in [0, 0.05) is 26.4 Å². The van der Waals surface area contributed by atoms with Crippen LogP contribution in [0, 0.1) is 0 Å². The standard InChI is InChI=1S/C42H54N2O6/c1-2-25-47-29-30-49-33-42(37-22-13-6-14-23-37)43(45)39(34-16-7-3-8-17-34)24-28-48-26-15-27-50-38-31-40(35-18-9-4-10-19-35)44(46)41(32-38)36-20-11-5-12-21-36/h3-14,16-23,38-42,45-46H,2,15,24-33H2,1H3. The predicted molar refractivity (Wildman–Crippen MR) is 195 cm³/mol. The Hall–Kier alpha value is -3.44. The van der Waals surface area contributed by atoms with Crippen LogP contribution >= 0.6 is 0 Å². The summed E-state index contributed by atoms with van der Waals surface area (Å²) in [5.74, 6) is 0. The number of hydrogen-bond acceptors (Lipinski definition) is 8. The Morgan fingerprint density at radius 1 is 0.620 bits per heavy atom. The fourth-order valence-electron chi connectivity index (χ4n) is 6.70. The molecule has 1 fully saturated rings. The molecule has 50 heavy (non-hydrogen) atoms. The average Bonchev–Trinajstić information content (AvgIpc) is 3.17. The molecule has 0 aromatic heterocycles. The zero-order valence-electron chi connectivity index (χ0n) is 29.3. The predicted octanol–water partition coefficient (Wildman–Crippen LogP) is 8.75. The largest absolute Gasteiger partial charge is 0.381 e. The first-order valence-corrected chi connectivity index (χ1v) is 18.1. The van der Waals surface area contributed by atoms with E-state index in [-0.39, 0.29) is 30.3 Å². The molecule has 1 heterocycles. The van der Waals surface area contributed by atoms with E-state index in [1.54, 1.807) is 0 Å². The monoisotopic (exact) mass is 682 g/mol. The lowest BCUT2D eigenvalue weighted by atomic mass is 9.87. The fourth-order valence-corrected chi connectivity index (χ4v) is 6.70. The highest BCUT2D eigenvalue weighted by Gasteiger charge is 2.37.